The average molecular weight is 543 g/mol. The van der Waals surface area contributed by atoms with Gasteiger partial charge < -0.3 is 14.8 Å². The number of rotatable bonds is 9. The Labute approximate surface area is 208 Å². The predicted molar refractivity (Wildman–Crippen MR) is 131 cm³/mol. The Morgan fingerprint density at radius 3 is 2.42 bits per heavy atom. The van der Waals surface area contributed by atoms with Gasteiger partial charge >= 0.3 is 0 Å². The van der Waals surface area contributed by atoms with E-state index >= 15 is 0 Å². The average Bonchev–Trinajstić information content (AvgIpc) is 2.82. The van der Waals surface area contributed by atoms with E-state index in [9.17, 15) is 31.7 Å². The number of nitro benzene ring substituents is 1. The van der Waals surface area contributed by atoms with Crippen LogP contribution in [0.3, 0.4) is 0 Å². The number of carbonyl (C=O) groups excluding carboxylic acids is 1. The van der Waals surface area contributed by atoms with Crippen LogP contribution in [0.15, 0.2) is 41.3 Å². The van der Waals surface area contributed by atoms with Crippen LogP contribution in [0.1, 0.15) is 5.56 Å². The van der Waals surface area contributed by atoms with Crippen LogP contribution in [-0.2, 0) is 29.6 Å². The van der Waals surface area contributed by atoms with Crippen LogP contribution in [0.2, 0.25) is 0 Å². The van der Waals surface area contributed by atoms with Gasteiger partial charge in [-0.1, -0.05) is 6.07 Å². The van der Waals surface area contributed by atoms with E-state index in [2.05, 4.69) is 5.32 Å². The van der Waals surface area contributed by atoms with Gasteiger partial charge in [0.05, 0.1) is 47.8 Å². The van der Waals surface area contributed by atoms with Crippen LogP contribution in [-0.4, -0.2) is 78.2 Å². The maximum atomic E-state index is 13.0. The highest BCUT2D eigenvalue weighted by Gasteiger charge is 2.28. The lowest BCUT2D eigenvalue weighted by molar-refractivity contribution is -0.384. The number of hydrogen-bond donors (Lipinski definition) is 1. The van der Waals surface area contributed by atoms with Gasteiger partial charge in [0.15, 0.2) is 0 Å². The molecule has 1 aliphatic rings. The van der Waals surface area contributed by atoms with Crippen LogP contribution in [0, 0.1) is 17.0 Å². The van der Waals surface area contributed by atoms with E-state index in [4.69, 9.17) is 9.47 Å². The second-order valence-electron chi connectivity index (χ2n) is 7.92. The normalized spacial score (nSPS) is 14.8. The minimum Gasteiger partial charge on any atom is -0.495 e. The molecule has 1 heterocycles. The van der Waals surface area contributed by atoms with E-state index < -0.39 is 37.4 Å². The molecule has 1 aliphatic heterocycles. The maximum Gasteiger partial charge on any atom is 0.271 e. The first-order chi connectivity index (χ1) is 16.8. The molecule has 196 valence electrons. The Hall–Kier alpha value is -3.27. The summed E-state index contributed by atoms with van der Waals surface area (Å²) in [6.45, 7) is 1.72. The molecule has 0 radical (unpaired) electrons. The molecule has 1 saturated heterocycles. The molecule has 0 atom stereocenters. The molecule has 2 aromatic carbocycles. The van der Waals surface area contributed by atoms with Crippen molar-refractivity contribution in [1.82, 2.24) is 4.31 Å². The fraction of sp³-hybridized carbons (Fsp3) is 0.381. The van der Waals surface area contributed by atoms with E-state index in [0.717, 1.165) is 16.6 Å². The van der Waals surface area contributed by atoms with Gasteiger partial charge in [0.1, 0.15) is 12.3 Å². The summed E-state index contributed by atoms with van der Waals surface area (Å²) in [5.41, 5.74) is 0.0425. The SMILES string of the molecule is COc1ccc(S(=O)(=O)N2CCOCC2)cc1NC(=O)CN(c1cc([N+](=O)[O-])ccc1C)S(C)(=O)=O. The van der Waals surface area contributed by atoms with Crippen LogP contribution in [0.5, 0.6) is 5.75 Å². The lowest BCUT2D eigenvalue weighted by Crippen LogP contribution is -2.40. The summed E-state index contributed by atoms with van der Waals surface area (Å²) in [6.07, 6.45) is 0.870. The van der Waals surface area contributed by atoms with Crippen molar-refractivity contribution in [3.8, 4) is 5.75 Å². The molecule has 13 nitrogen and oxygen atoms in total. The summed E-state index contributed by atoms with van der Waals surface area (Å²) in [5, 5.41) is 13.7. The molecule has 0 aliphatic carbocycles. The van der Waals surface area contributed by atoms with E-state index in [1.54, 1.807) is 6.92 Å². The first-order valence-electron chi connectivity index (χ1n) is 10.6. The van der Waals surface area contributed by atoms with Crippen molar-refractivity contribution in [2.45, 2.75) is 11.8 Å². The largest absolute Gasteiger partial charge is 0.495 e. The van der Waals surface area contributed by atoms with Gasteiger partial charge in [-0.2, -0.15) is 4.31 Å². The fourth-order valence-electron chi connectivity index (χ4n) is 3.56. The second-order valence-corrected chi connectivity index (χ2v) is 11.8. The van der Waals surface area contributed by atoms with Crippen molar-refractivity contribution in [3.63, 3.8) is 0 Å². The van der Waals surface area contributed by atoms with Crippen molar-refractivity contribution in [3.05, 3.63) is 52.1 Å². The van der Waals surface area contributed by atoms with Gasteiger partial charge in [-0.3, -0.25) is 19.2 Å². The molecule has 1 fully saturated rings. The van der Waals surface area contributed by atoms with Crippen molar-refractivity contribution in [2.75, 3.05) is 55.8 Å². The van der Waals surface area contributed by atoms with Gasteiger partial charge in [0.25, 0.3) is 5.69 Å². The molecular weight excluding hydrogens is 516 g/mol. The number of non-ortho nitro benzene ring substituents is 1. The van der Waals surface area contributed by atoms with E-state index in [1.807, 2.05) is 0 Å². The molecule has 2 aromatic rings. The minimum atomic E-state index is -4.03. The molecule has 0 bridgehead atoms. The van der Waals surface area contributed by atoms with Crippen LogP contribution in [0.25, 0.3) is 0 Å². The van der Waals surface area contributed by atoms with Crippen molar-refractivity contribution >= 4 is 43.0 Å². The minimum absolute atomic E-state index is 0.0149. The summed E-state index contributed by atoms with van der Waals surface area (Å²) < 4.78 is 63.5. The van der Waals surface area contributed by atoms with Crippen molar-refractivity contribution in [1.29, 1.82) is 0 Å². The Morgan fingerprint density at radius 2 is 1.83 bits per heavy atom. The molecule has 0 spiro atoms. The third kappa shape index (κ3) is 6.10. The molecule has 1 N–H and O–H groups in total. The number of anilines is 2. The topological polar surface area (TPSA) is 165 Å². The third-order valence-electron chi connectivity index (χ3n) is 5.41. The third-order valence-corrected chi connectivity index (χ3v) is 8.43. The predicted octanol–water partition coefficient (Wildman–Crippen LogP) is 1.34. The number of ether oxygens (including phenoxy) is 2. The fourth-order valence-corrected chi connectivity index (χ4v) is 5.90. The van der Waals surface area contributed by atoms with Crippen LogP contribution < -0.4 is 14.4 Å². The van der Waals surface area contributed by atoms with Crippen molar-refractivity contribution in [2.24, 2.45) is 0 Å². The van der Waals surface area contributed by atoms with Crippen LogP contribution >= 0.6 is 0 Å². The number of nitro groups is 1. The van der Waals surface area contributed by atoms with Gasteiger partial charge in [0, 0.05) is 25.2 Å². The van der Waals surface area contributed by atoms with Gasteiger partial charge in [-0.05, 0) is 30.7 Å². The van der Waals surface area contributed by atoms with Gasteiger partial charge in [-0.15, -0.1) is 0 Å². The Morgan fingerprint density at radius 1 is 1.17 bits per heavy atom. The first kappa shape index (κ1) is 27.3. The zero-order valence-corrected chi connectivity index (χ0v) is 21.5. The van der Waals surface area contributed by atoms with Gasteiger partial charge in [0.2, 0.25) is 26.0 Å². The molecule has 0 aromatic heterocycles. The lowest BCUT2D eigenvalue weighted by Gasteiger charge is -2.26. The summed E-state index contributed by atoms with van der Waals surface area (Å²) in [5.74, 6) is -0.660. The molecule has 0 unspecified atom stereocenters. The highest BCUT2D eigenvalue weighted by atomic mass is 32.2. The molecule has 0 saturated carbocycles. The number of hydrogen-bond acceptors (Lipinski definition) is 9. The Balaban J connectivity index is 1.91. The van der Waals surface area contributed by atoms with Gasteiger partial charge in [-0.25, -0.2) is 16.8 Å². The zero-order valence-electron chi connectivity index (χ0n) is 19.8. The summed E-state index contributed by atoms with van der Waals surface area (Å²) in [4.78, 5) is 23.3. The van der Waals surface area contributed by atoms with E-state index in [-0.39, 0.29) is 54.0 Å². The Kier molecular flexibility index (Phi) is 8.18. The number of methoxy groups -OCH3 is 1. The molecule has 1 amide bonds. The smallest absolute Gasteiger partial charge is 0.271 e. The summed E-state index contributed by atoms with van der Waals surface area (Å²) >= 11 is 0. The monoisotopic (exact) mass is 542 g/mol. The number of nitrogens with zero attached hydrogens (tertiary/aromatic N) is 3. The number of sulfonamides is 2. The quantitative estimate of drug-likeness (QED) is 0.363. The second kappa shape index (κ2) is 10.8. The number of aryl methyl sites for hydroxylation is 1. The maximum absolute atomic E-state index is 13.0. The highest BCUT2D eigenvalue weighted by molar-refractivity contribution is 7.92. The standard InChI is InChI=1S/C21H26N4O9S2/c1-15-4-5-16(25(27)28)12-19(15)24(35(3,29)30)14-21(26)22-18-13-17(6-7-20(18)33-2)36(31,32)23-8-10-34-11-9-23/h4-7,12-13H,8-11,14H2,1-3H3,(H,22,26). The number of amides is 1. The lowest BCUT2D eigenvalue weighted by atomic mass is 10.2. The van der Waals surface area contributed by atoms with Crippen LogP contribution in [0.4, 0.5) is 17.1 Å². The highest BCUT2D eigenvalue weighted by Crippen LogP contribution is 2.30. The summed E-state index contributed by atoms with van der Waals surface area (Å²) in [7, 11) is -6.57. The molecule has 36 heavy (non-hydrogen) atoms. The number of morpholine rings is 1. The van der Waals surface area contributed by atoms with Crippen molar-refractivity contribution < 1.29 is 36.0 Å². The molecule has 3 rings (SSSR count). The number of nitrogens with one attached hydrogen (secondary N) is 1. The summed E-state index contributed by atoms with van der Waals surface area (Å²) in [6, 6.07) is 7.62. The molecular formula is C21H26N4O9S2. The number of benzene rings is 2. The van der Waals surface area contributed by atoms with E-state index in [0.29, 0.717) is 5.56 Å². The number of carbonyl (C=O) groups is 1. The Bertz CT molecular complexity index is 1370. The zero-order chi connectivity index (χ0) is 26.7. The molecule has 15 heteroatoms. The van der Waals surface area contributed by atoms with E-state index in [1.165, 1.54) is 41.7 Å². The first-order valence-corrected chi connectivity index (χ1v) is 13.9.